The first-order valence-corrected chi connectivity index (χ1v) is 8.27. The van der Waals surface area contributed by atoms with Crippen LogP contribution in [0.1, 0.15) is 16.7 Å². The lowest BCUT2D eigenvalue weighted by Crippen LogP contribution is -2.07. The molecule has 0 unspecified atom stereocenters. The molecule has 0 radical (unpaired) electrons. The predicted octanol–water partition coefficient (Wildman–Crippen LogP) is 4.08. The highest BCUT2D eigenvalue weighted by Crippen LogP contribution is 2.39. The largest absolute Gasteiger partial charge is 0.493 e. The van der Waals surface area contributed by atoms with E-state index >= 15 is 0 Å². The first-order valence-electron chi connectivity index (χ1n) is 8.27. The molecule has 2 aromatic rings. The minimum Gasteiger partial charge on any atom is -0.493 e. The molecule has 152 valence electrons. The van der Waals surface area contributed by atoms with Crippen LogP contribution in [0.2, 0.25) is 0 Å². The molecule has 0 amide bonds. The number of carbonyl (C=O) groups excluding carboxylic acids is 1. The molecule has 3 rings (SSSR count). The minimum absolute atomic E-state index is 0.0347. The zero-order chi connectivity index (χ0) is 21.2. The third-order valence-corrected chi connectivity index (χ3v) is 4.05. The van der Waals surface area contributed by atoms with Crippen LogP contribution in [0, 0.1) is 0 Å². The Morgan fingerprint density at radius 3 is 2.21 bits per heavy atom. The fourth-order valence-electron chi connectivity index (χ4n) is 2.70. The average molecular weight is 407 g/mol. The van der Waals surface area contributed by atoms with Gasteiger partial charge in [-0.1, -0.05) is 12.1 Å². The number of benzene rings is 2. The van der Waals surface area contributed by atoms with Gasteiger partial charge in [0, 0.05) is 5.56 Å². The number of hydrogen-bond acceptors (Lipinski definition) is 6. The molecule has 0 saturated carbocycles. The van der Waals surface area contributed by atoms with Crippen LogP contribution >= 0.6 is 0 Å². The minimum atomic E-state index is -4.49. The fourth-order valence-corrected chi connectivity index (χ4v) is 2.70. The zero-order valence-electron chi connectivity index (χ0n) is 15.7. The number of ether oxygens (including phenoxy) is 4. The van der Waals surface area contributed by atoms with Crippen LogP contribution in [-0.2, 0) is 15.7 Å². The van der Waals surface area contributed by atoms with Crippen LogP contribution in [-0.4, -0.2) is 33.2 Å². The summed E-state index contributed by atoms with van der Waals surface area (Å²) in [5.41, 5.74) is -0.415. The molecule has 0 bridgehead atoms. The lowest BCUT2D eigenvalue weighted by Gasteiger charge is -2.13. The van der Waals surface area contributed by atoms with Crippen LogP contribution < -0.4 is 14.2 Å². The van der Waals surface area contributed by atoms with E-state index in [0.29, 0.717) is 22.8 Å². The number of esters is 1. The predicted molar refractivity (Wildman–Crippen MR) is 98.1 cm³/mol. The van der Waals surface area contributed by atoms with E-state index in [4.69, 9.17) is 18.9 Å². The highest BCUT2D eigenvalue weighted by atomic mass is 19.4. The highest BCUT2D eigenvalue weighted by Gasteiger charge is 2.31. The number of hydrogen-bond donors (Lipinski definition) is 0. The number of carbonyl (C=O) groups is 1. The number of rotatable bonds is 5. The molecule has 0 atom stereocenters. The molecular weight excluding hydrogens is 391 g/mol. The number of aliphatic imine (C=N–C) groups is 1. The van der Waals surface area contributed by atoms with Crippen molar-refractivity contribution < 1.29 is 36.9 Å². The first kappa shape index (κ1) is 20.2. The first-order chi connectivity index (χ1) is 13.8. The monoisotopic (exact) mass is 407 g/mol. The van der Waals surface area contributed by atoms with Gasteiger partial charge in [0.05, 0.1) is 26.9 Å². The van der Waals surface area contributed by atoms with Gasteiger partial charge in [-0.05, 0) is 35.9 Å². The molecule has 0 fully saturated rings. The smallest absolute Gasteiger partial charge is 0.416 e. The van der Waals surface area contributed by atoms with Crippen LogP contribution in [0.15, 0.2) is 47.1 Å². The molecule has 29 heavy (non-hydrogen) atoms. The summed E-state index contributed by atoms with van der Waals surface area (Å²) < 4.78 is 59.5. The lowest BCUT2D eigenvalue weighted by atomic mass is 10.1. The molecule has 9 heteroatoms. The van der Waals surface area contributed by atoms with Gasteiger partial charge in [0.15, 0.2) is 17.2 Å². The van der Waals surface area contributed by atoms with Crippen LogP contribution in [0.4, 0.5) is 13.2 Å². The fraction of sp³-hybridized carbons (Fsp3) is 0.200. The Labute approximate surface area is 164 Å². The molecule has 1 heterocycles. The standard InChI is InChI=1S/C20H16F3NO5/c1-26-15-9-12(10-16(27-2)17(15)28-3)18-24-14(19(25)29-18)8-11-5-4-6-13(7-11)20(21,22)23/h4-10H,1-3H3. The quantitative estimate of drug-likeness (QED) is 0.552. The van der Waals surface area contributed by atoms with Crippen molar-refractivity contribution in [2.75, 3.05) is 21.3 Å². The Morgan fingerprint density at radius 1 is 1.00 bits per heavy atom. The molecule has 0 aromatic heterocycles. The second-order valence-corrected chi connectivity index (χ2v) is 5.87. The lowest BCUT2D eigenvalue weighted by molar-refractivity contribution is -0.137. The number of alkyl halides is 3. The van der Waals surface area contributed by atoms with E-state index in [1.165, 1.54) is 39.5 Å². The maximum atomic E-state index is 12.9. The average Bonchev–Trinajstić information content (AvgIpc) is 3.06. The molecule has 6 nitrogen and oxygen atoms in total. The number of halogens is 3. The van der Waals surface area contributed by atoms with E-state index in [0.717, 1.165) is 12.1 Å². The number of methoxy groups -OCH3 is 3. The van der Waals surface area contributed by atoms with E-state index in [2.05, 4.69) is 4.99 Å². The molecule has 1 aliphatic heterocycles. The second kappa shape index (κ2) is 7.86. The van der Waals surface area contributed by atoms with Crippen LogP contribution in [0.3, 0.4) is 0 Å². The van der Waals surface area contributed by atoms with Crippen molar-refractivity contribution in [2.24, 2.45) is 4.99 Å². The van der Waals surface area contributed by atoms with Crippen molar-refractivity contribution in [1.29, 1.82) is 0 Å². The summed E-state index contributed by atoms with van der Waals surface area (Å²) in [6, 6.07) is 7.63. The van der Waals surface area contributed by atoms with Gasteiger partial charge in [-0.2, -0.15) is 13.2 Å². The Balaban J connectivity index is 2.00. The summed E-state index contributed by atoms with van der Waals surface area (Å²) in [7, 11) is 4.31. The van der Waals surface area contributed by atoms with Gasteiger partial charge in [0.1, 0.15) is 0 Å². The van der Waals surface area contributed by atoms with Crippen LogP contribution in [0.25, 0.3) is 6.08 Å². The zero-order valence-corrected chi connectivity index (χ0v) is 15.7. The van der Waals surface area contributed by atoms with E-state index in [-0.39, 0.29) is 17.2 Å². The van der Waals surface area contributed by atoms with Crippen molar-refractivity contribution in [3.8, 4) is 17.2 Å². The van der Waals surface area contributed by atoms with Crippen LogP contribution in [0.5, 0.6) is 17.2 Å². The normalized spacial score (nSPS) is 15.2. The van der Waals surface area contributed by atoms with Gasteiger partial charge in [-0.15, -0.1) is 0 Å². The van der Waals surface area contributed by atoms with E-state index in [9.17, 15) is 18.0 Å². The molecule has 0 N–H and O–H groups in total. The van der Waals surface area contributed by atoms with Gasteiger partial charge in [-0.25, -0.2) is 9.79 Å². The summed E-state index contributed by atoms with van der Waals surface area (Å²) in [6.45, 7) is 0. The van der Waals surface area contributed by atoms with Crippen molar-refractivity contribution >= 4 is 17.9 Å². The number of nitrogens with zero attached hydrogens (tertiary/aromatic N) is 1. The molecule has 2 aromatic carbocycles. The van der Waals surface area contributed by atoms with Crippen molar-refractivity contribution in [1.82, 2.24) is 0 Å². The summed E-state index contributed by atoms with van der Waals surface area (Å²) in [4.78, 5) is 16.3. The highest BCUT2D eigenvalue weighted by molar-refractivity contribution is 6.13. The van der Waals surface area contributed by atoms with Gasteiger partial charge >= 0.3 is 12.1 Å². The Kier molecular flexibility index (Phi) is 5.49. The maximum Gasteiger partial charge on any atom is 0.416 e. The van der Waals surface area contributed by atoms with E-state index < -0.39 is 17.7 Å². The summed E-state index contributed by atoms with van der Waals surface area (Å²) in [5.74, 6) is 0.189. The Bertz CT molecular complexity index is 986. The van der Waals surface area contributed by atoms with E-state index in [1.54, 1.807) is 12.1 Å². The molecule has 0 spiro atoms. The van der Waals surface area contributed by atoms with Crippen molar-refractivity contribution in [3.63, 3.8) is 0 Å². The number of cyclic esters (lactones) is 1. The maximum absolute atomic E-state index is 12.9. The molecule has 0 aliphatic carbocycles. The molecule has 1 aliphatic rings. The van der Waals surface area contributed by atoms with Gasteiger partial charge < -0.3 is 18.9 Å². The second-order valence-electron chi connectivity index (χ2n) is 5.87. The molecule has 0 saturated heterocycles. The summed E-state index contributed by atoms with van der Waals surface area (Å²) in [6.07, 6.45) is -3.27. The summed E-state index contributed by atoms with van der Waals surface area (Å²) in [5, 5.41) is 0. The molecular formula is C20H16F3NO5. The van der Waals surface area contributed by atoms with Crippen molar-refractivity contribution in [2.45, 2.75) is 6.18 Å². The van der Waals surface area contributed by atoms with E-state index in [1.807, 2.05) is 0 Å². The third kappa shape index (κ3) is 4.18. The van der Waals surface area contributed by atoms with Gasteiger partial charge in [-0.3, -0.25) is 0 Å². The van der Waals surface area contributed by atoms with Crippen molar-refractivity contribution in [3.05, 3.63) is 58.8 Å². The Morgan fingerprint density at radius 2 is 1.66 bits per heavy atom. The third-order valence-electron chi connectivity index (χ3n) is 4.05. The topological polar surface area (TPSA) is 66.4 Å². The van der Waals surface area contributed by atoms with Gasteiger partial charge in [0.25, 0.3) is 0 Å². The van der Waals surface area contributed by atoms with Gasteiger partial charge in [0.2, 0.25) is 11.6 Å². The summed E-state index contributed by atoms with van der Waals surface area (Å²) >= 11 is 0. The Hall–Kier alpha value is -3.49. The SMILES string of the molecule is COc1cc(C2=NC(=Cc3cccc(C(F)(F)F)c3)C(=O)O2)cc(OC)c1OC.